The number of amides is 1. The Hall–Kier alpha value is -1.78. The summed E-state index contributed by atoms with van der Waals surface area (Å²) in [5.74, 6) is -0.427. The monoisotopic (exact) mass is 211 g/mol. The zero-order valence-corrected chi connectivity index (χ0v) is 8.51. The van der Waals surface area contributed by atoms with Gasteiger partial charge in [0.2, 0.25) is 5.91 Å². The molecule has 0 unspecified atom stereocenters. The second-order valence-electron chi connectivity index (χ2n) is 3.08. The van der Waals surface area contributed by atoms with Crippen LogP contribution in [0, 0.1) is 5.82 Å². The molecule has 0 radical (unpaired) electrons. The zero-order chi connectivity index (χ0) is 11.3. The van der Waals surface area contributed by atoms with Crippen LogP contribution in [0.5, 0.6) is 0 Å². The van der Waals surface area contributed by atoms with E-state index in [2.05, 4.69) is 10.6 Å². The number of benzene rings is 1. The molecule has 5 heteroatoms. The number of halogens is 1. The number of rotatable bonds is 4. The number of hydrogen-bond acceptors (Lipinski definition) is 3. The molecule has 15 heavy (non-hydrogen) atoms. The SMILES string of the molecule is CNC(=O)CCNc1cc(F)ccc1N. The van der Waals surface area contributed by atoms with Crippen molar-refractivity contribution >= 4 is 17.3 Å². The maximum atomic E-state index is 12.8. The molecule has 0 bridgehead atoms. The van der Waals surface area contributed by atoms with Crippen molar-refractivity contribution in [2.24, 2.45) is 0 Å². The van der Waals surface area contributed by atoms with Gasteiger partial charge in [0.05, 0.1) is 11.4 Å². The number of carbonyl (C=O) groups excluding carboxylic acids is 1. The van der Waals surface area contributed by atoms with Gasteiger partial charge in [0, 0.05) is 20.0 Å². The third-order valence-electron chi connectivity index (χ3n) is 1.96. The highest BCUT2D eigenvalue weighted by molar-refractivity contribution is 5.76. The summed E-state index contributed by atoms with van der Waals surface area (Å²) in [6, 6.07) is 4.08. The van der Waals surface area contributed by atoms with Crippen molar-refractivity contribution in [1.82, 2.24) is 5.32 Å². The lowest BCUT2D eigenvalue weighted by atomic mass is 10.2. The van der Waals surface area contributed by atoms with Crippen LogP contribution in [-0.2, 0) is 4.79 Å². The molecule has 1 amide bonds. The van der Waals surface area contributed by atoms with Gasteiger partial charge < -0.3 is 16.4 Å². The lowest BCUT2D eigenvalue weighted by Crippen LogP contribution is -2.21. The van der Waals surface area contributed by atoms with Crippen LogP contribution in [0.1, 0.15) is 6.42 Å². The Morgan fingerprint density at radius 1 is 1.53 bits per heavy atom. The number of carbonyl (C=O) groups is 1. The van der Waals surface area contributed by atoms with Gasteiger partial charge in [0.15, 0.2) is 0 Å². The van der Waals surface area contributed by atoms with Gasteiger partial charge in [-0.1, -0.05) is 0 Å². The Bertz CT molecular complexity index is 355. The van der Waals surface area contributed by atoms with Gasteiger partial charge in [-0.25, -0.2) is 4.39 Å². The fourth-order valence-corrected chi connectivity index (χ4v) is 1.12. The number of nitrogens with one attached hydrogen (secondary N) is 2. The Balaban J connectivity index is 2.50. The molecular weight excluding hydrogens is 197 g/mol. The van der Waals surface area contributed by atoms with Crippen molar-refractivity contribution in [2.75, 3.05) is 24.6 Å². The van der Waals surface area contributed by atoms with Gasteiger partial charge in [-0.2, -0.15) is 0 Å². The van der Waals surface area contributed by atoms with Crippen molar-refractivity contribution in [2.45, 2.75) is 6.42 Å². The molecule has 0 atom stereocenters. The van der Waals surface area contributed by atoms with E-state index in [0.717, 1.165) is 0 Å². The van der Waals surface area contributed by atoms with Gasteiger partial charge in [0.1, 0.15) is 5.82 Å². The first-order valence-corrected chi connectivity index (χ1v) is 4.63. The van der Waals surface area contributed by atoms with E-state index in [0.29, 0.717) is 24.3 Å². The van der Waals surface area contributed by atoms with Gasteiger partial charge in [-0.05, 0) is 18.2 Å². The predicted molar refractivity (Wildman–Crippen MR) is 58.0 cm³/mol. The summed E-state index contributed by atoms with van der Waals surface area (Å²) in [5.41, 5.74) is 6.59. The molecule has 0 fully saturated rings. The van der Waals surface area contributed by atoms with Crippen LogP contribution >= 0.6 is 0 Å². The van der Waals surface area contributed by atoms with E-state index in [9.17, 15) is 9.18 Å². The van der Waals surface area contributed by atoms with Crippen molar-refractivity contribution in [3.63, 3.8) is 0 Å². The third kappa shape index (κ3) is 3.46. The van der Waals surface area contributed by atoms with E-state index in [-0.39, 0.29) is 11.7 Å². The average Bonchev–Trinajstić information content (AvgIpc) is 2.23. The molecule has 0 aromatic heterocycles. The first-order chi connectivity index (χ1) is 7.13. The molecule has 0 spiro atoms. The van der Waals surface area contributed by atoms with Gasteiger partial charge in [-0.3, -0.25) is 4.79 Å². The maximum absolute atomic E-state index is 12.8. The lowest BCUT2D eigenvalue weighted by molar-refractivity contribution is -0.120. The number of nitrogens with two attached hydrogens (primary N) is 1. The highest BCUT2D eigenvalue weighted by Crippen LogP contribution is 2.18. The van der Waals surface area contributed by atoms with E-state index >= 15 is 0 Å². The molecule has 1 aromatic carbocycles. The minimum atomic E-state index is -0.355. The molecule has 82 valence electrons. The summed E-state index contributed by atoms with van der Waals surface area (Å²) >= 11 is 0. The summed E-state index contributed by atoms with van der Waals surface area (Å²) in [6.45, 7) is 0.424. The summed E-state index contributed by atoms with van der Waals surface area (Å²) in [6.07, 6.45) is 0.326. The molecule has 1 rings (SSSR count). The smallest absolute Gasteiger partial charge is 0.221 e. The van der Waals surface area contributed by atoms with Crippen LogP contribution in [0.25, 0.3) is 0 Å². The summed E-state index contributed by atoms with van der Waals surface area (Å²) in [7, 11) is 1.57. The van der Waals surface area contributed by atoms with E-state index in [4.69, 9.17) is 5.73 Å². The Morgan fingerprint density at radius 3 is 2.93 bits per heavy atom. The Labute approximate surface area is 87.7 Å². The fraction of sp³-hybridized carbons (Fsp3) is 0.300. The molecular formula is C10H14FN3O. The number of hydrogen-bond donors (Lipinski definition) is 3. The quantitative estimate of drug-likeness (QED) is 0.650. The highest BCUT2D eigenvalue weighted by atomic mass is 19.1. The number of anilines is 2. The van der Waals surface area contributed by atoms with Crippen LogP contribution in [0.15, 0.2) is 18.2 Å². The second kappa shape index (κ2) is 5.19. The minimum Gasteiger partial charge on any atom is -0.397 e. The van der Waals surface area contributed by atoms with E-state index < -0.39 is 0 Å². The van der Waals surface area contributed by atoms with Crippen molar-refractivity contribution in [1.29, 1.82) is 0 Å². The van der Waals surface area contributed by atoms with E-state index in [1.807, 2.05) is 0 Å². The molecule has 4 N–H and O–H groups in total. The molecule has 1 aromatic rings. The molecule has 0 aliphatic carbocycles. The topological polar surface area (TPSA) is 67.2 Å². The molecule has 0 saturated carbocycles. The van der Waals surface area contributed by atoms with Crippen LogP contribution in [0.2, 0.25) is 0 Å². The maximum Gasteiger partial charge on any atom is 0.221 e. The largest absolute Gasteiger partial charge is 0.397 e. The minimum absolute atomic E-state index is 0.0718. The van der Waals surface area contributed by atoms with Crippen LogP contribution in [0.4, 0.5) is 15.8 Å². The molecule has 0 saturated heterocycles. The predicted octanol–water partition coefficient (Wildman–Crippen LogP) is 0.956. The van der Waals surface area contributed by atoms with Crippen LogP contribution in [-0.4, -0.2) is 19.5 Å². The molecule has 4 nitrogen and oxygen atoms in total. The highest BCUT2D eigenvalue weighted by Gasteiger charge is 2.01. The van der Waals surface area contributed by atoms with Crippen LogP contribution < -0.4 is 16.4 Å². The standard InChI is InChI=1S/C10H14FN3O/c1-13-10(15)4-5-14-9-6-7(11)2-3-8(9)12/h2-3,6,14H,4-5,12H2,1H3,(H,13,15). The Morgan fingerprint density at radius 2 is 2.27 bits per heavy atom. The fourth-order valence-electron chi connectivity index (χ4n) is 1.12. The van der Waals surface area contributed by atoms with Crippen LogP contribution in [0.3, 0.4) is 0 Å². The third-order valence-corrected chi connectivity index (χ3v) is 1.96. The van der Waals surface area contributed by atoms with Gasteiger partial charge in [0.25, 0.3) is 0 Å². The Kier molecular flexibility index (Phi) is 3.91. The van der Waals surface area contributed by atoms with Crippen molar-refractivity contribution in [3.05, 3.63) is 24.0 Å². The second-order valence-corrected chi connectivity index (χ2v) is 3.08. The van der Waals surface area contributed by atoms with Gasteiger partial charge in [-0.15, -0.1) is 0 Å². The summed E-state index contributed by atoms with van der Waals surface area (Å²) in [4.78, 5) is 10.9. The van der Waals surface area contributed by atoms with Gasteiger partial charge >= 0.3 is 0 Å². The van der Waals surface area contributed by atoms with Crippen molar-refractivity contribution in [3.8, 4) is 0 Å². The summed E-state index contributed by atoms with van der Waals surface area (Å²) < 4.78 is 12.8. The molecule has 0 aliphatic rings. The zero-order valence-electron chi connectivity index (χ0n) is 8.51. The van der Waals surface area contributed by atoms with E-state index in [1.165, 1.54) is 18.2 Å². The number of nitrogen functional groups attached to an aromatic ring is 1. The lowest BCUT2D eigenvalue weighted by Gasteiger charge is -2.08. The van der Waals surface area contributed by atoms with E-state index in [1.54, 1.807) is 7.05 Å². The average molecular weight is 211 g/mol. The first-order valence-electron chi connectivity index (χ1n) is 4.63. The first kappa shape index (κ1) is 11.3. The molecule has 0 aliphatic heterocycles. The summed E-state index contributed by atoms with van der Waals surface area (Å²) in [5, 5.41) is 5.39. The molecule has 0 heterocycles. The normalized spacial score (nSPS) is 9.73. The van der Waals surface area contributed by atoms with Crippen molar-refractivity contribution < 1.29 is 9.18 Å².